The molecule has 0 N–H and O–H groups in total. The van der Waals surface area contributed by atoms with Crippen molar-refractivity contribution in [3.63, 3.8) is 0 Å². The van der Waals surface area contributed by atoms with Crippen LogP contribution in [0.5, 0.6) is 5.75 Å². The fraction of sp³-hybridized carbons (Fsp3) is 0.625. The Hall–Kier alpha value is -2.26. The lowest BCUT2D eigenvalue weighted by Crippen LogP contribution is -2.46. The van der Waals surface area contributed by atoms with Gasteiger partial charge in [0.15, 0.2) is 8.32 Å². The number of carbonyl (C=O) groups excluding carboxylic acids is 2. The van der Waals surface area contributed by atoms with Gasteiger partial charge in [0, 0.05) is 19.0 Å². The zero-order valence-electron chi connectivity index (χ0n) is 26.6. The smallest absolute Gasteiger partial charge is 0.342 e. The van der Waals surface area contributed by atoms with Gasteiger partial charge < -0.3 is 13.6 Å². The standard InChI is InChI=1S/C32H51NO5Si2/c1-24-16-12-13-17-25-18-14-20-27(37-39(8,9)31(2,3)4)29(25)30(35)36-26(19-15-21-33-23-34)22-28(24)38-40(10,11)32(5,6)7/h12-15,18,20-21,24,26,28H,16-17,19,22H2,1-11H3/b13-12+,21-15+/t24-,26-,28+/m1/s1. The third kappa shape index (κ3) is 9.13. The molecule has 0 aliphatic carbocycles. The molecule has 0 spiro atoms. The number of nitrogens with zero attached hydrogens (tertiary/aromatic N) is 1. The van der Waals surface area contributed by atoms with E-state index >= 15 is 0 Å². The number of hydrogen-bond donors (Lipinski definition) is 0. The van der Waals surface area contributed by atoms with E-state index < -0.39 is 28.7 Å². The molecule has 3 atom stereocenters. The van der Waals surface area contributed by atoms with Crippen LogP contribution in [0.3, 0.4) is 0 Å². The molecular weight excluding hydrogens is 535 g/mol. The predicted molar refractivity (Wildman–Crippen MR) is 169 cm³/mol. The molecular formula is C32H51NO5Si2. The van der Waals surface area contributed by atoms with Crippen LogP contribution in [0.1, 0.15) is 83.7 Å². The van der Waals surface area contributed by atoms with Crippen LogP contribution in [-0.4, -0.2) is 40.9 Å². The van der Waals surface area contributed by atoms with Gasteiger partial charge in [-0.05, 0) is 66.7 Å². The van der Waals surface area contributed by atoms with E-state index in [-0.39, 0.29) is 22.1 Å². The Labute approximate surface area is 244 Å². The maximum atomic E-state index is 14.0. The molecule has 0 fully saturated rings. The Morgan fingerprint density at radius 1 is 1.05 bits per heavy atom. The summed E-state index contributed by atoms with van der Waals surface area (Å²) in [7, 11) is -4.31. The lowest BCUT2D eigenvalue weighted by atomic mass is 9.93. The summed E-state index contributed by atoms with van der Waals surface area (Å²) in [5.74, 6) is 0.423. The number of cyclic esters (lactones) is 1. The second-order valence-electron chi connectivity index (χ2n) is 14.1. The Morgan fingerprint density at radius 2 is 1.70 bits per heavy atom. The molecule has 0 amide bonds. The van der Waals surface area contributed by atoms with Gasteiger partial charge in [0.25, 0.3) is 8.32 Å². The van der Waals surface area contributed by atoms with Crippen LogP contribution in [0.15, 0.2) is 47.6 Å². The minimum absolute atomic E-state index is 0.0260. The highest BCUT2D eigenvalue weighted by atomic mass is 28.4. The van der Waals surface area contributed by atoms with Crippen molar-refractivity contribution < 1.29 is 23.2 Å². The molecule has 0 saturated carbocycles. The summed E-state index contributed by atoms with van der Waals surface area (Å²) in [6, 6.07) is 5.82. The normalized spacial score (nSPS) is 22.4. The summed E-state index contributed by atoms with van der Waals surface area (Å²) < 4.78 is 19.9. The molecule has 8 heteroatoms. The van der Waals surface area contributed by atoms with Crippen LogP contribution < -0.4 is 4.43 Å². The van der Waals surface area contributed by atoms with E-state index in [1.54, 1.807) is 6.08 Å². The van der Waals surface area contributed by atoms with Gasteiger partial charge in [-0.15, -0.1) is 0 Å². The average Bonchev–Trinajstić information content (AvgIpc) is 2.81. The summed E-state index contributed by atoms with van der Waals surface area (Å²) in [6.07, 6.45) is 10.9. The minimum atomic E-state index is -2.22. The van der Waals surface area contributed by atoms with Crippen molar-refractivity contribution in [2.75, 3.05) is 0 Å². The SMILES string of the molecule is C[C@@H]1C/C=C/Cc2cccc(O[Si](C)(C)C(C)(C)C)c2C(=O)O[C@H](C/C=C/N=C=O)C[C@@H]1O[Si](C)(C)C(C)(C)C. The summed E-state index contributed by atoms with van der Waals surface area (Å²) in [6.45, 7) is 24.3. The first-order chi connectivity index (χ1) is 18.4. The van der Waals surface area contributed by atoms with E-state index in [1.165, 1.54) is 12.3 Å². The van der Waals surface area contributed by atoms with Gasteiger partial charge in [-0.2, -0.15) is 4.99 Å². The number of isocyanates is 1. The van der Waals surface area contributed by atoms with Gasteiger partial charge >= 0.3 is 5.97 Å². The molecule has 40 heavy (non-hydrogen) atoms. The maximum absolute atomic E-state index is 14.0. The number of benzene rings is 1. The van der Waals surface area contributed by atoms with Crippen LogP contribution in [0.2, 0.25) is 36.3 Å². The molecule has 0 saturated heterocycles. The molecule has 0 unspecified atom stereocenters. The Kier molecular flexibility index (Phi) is 11.5. The number of carbonyl (C=O) groups is 1. The second-order valence-corrected chi connectivity index (χ2v) is 23.5. The summed E-state index contributed by atoms with van der Waals surface area (Å²) in [5.41, 5.74) is 1.38. The van der Waals surface area contributed by atoms with Gasteiger partial charge in [0.1, 0.15) is 17.4 Å². The van der Waals surface area contributed by atoms with Crippen LogP contribution in [0.25, 0.3) is 0 Å². The minimum Gasteiger partial charge on any atom is -0.543 e. The predicted octanol–water partition coefficient (Wildman–Crippen LogP) is 8.75. The zero-order valence-corrected chi connectivity index (χ0v) is 28.6. The van der Waals surface area contributed by atoms with Crippen molar-refractivity contribution in [1.82, 2.24) is 0 Å². The second kappa shape index (κ2) is 13.6. The molecule has 1 aliphatic heterocycles. The van der Waals surface area contributed by atoms with E-state index in [0.717, 1.165) is 12.0 Å². The molecule has 6 nitrogen and oxygen atoms in total. The van der Waals surface area contributed by atoms with Gasteiger partial charge in [-0.1, -0.05) is 78.8 Å². The van der Waals surface area contributed by atoms with Crippen LogP contribution >= 0.6 is 0 Å². The van der Waals surface area contributed by atoms with E-state index in [0.29, 0.717) is 30.6 Å². The fourth-order valence-electron chi connectivity index (χ4n) is 4.07. The maximum Gasteiger partial charge on any atom is 0.342 e. The summed E-state index contributed by atoms with van der Waals surface area (Å²) in [5, 5.41) is 0.0215. The van der Waals surface area contributed by atoms with Gasteiger partial charge in [0.2, 0.25) is 6.08 Å². The van der Waals surface area contributed by atoms with Gasteiger partial charge in [0.05, 0.1) is 6.10 Å². The van der Waals surface area contributed by atoms with E-state index in [9.17, 15) is 9.59 Å². The third-order valence-corrected chi connectivity index (χ3v) is 17.6. The zero-order chi connectivity index (χ0) is 30.4. The van der Waals surface area contributed by atoms with Crippen LogP contribution in [0.4, 0.5) is 0 Å². The quantitative estimate of drug-likeness (QED) is 0.105. The van der Waals surface area contributed by atoms with Gasteiger partial charge in [-0.3, -0.25) is 0 Å². The van der Waals surface area contributed by atoms with Crippen molar-refractivity contribution in [2.45, 2.75) is 123 Å². The number of rotatable bonds is 7. The molecule has 1 aromatic rings. The molecule has 1 heterocycles. The lowest BCUT2D eigenvalue weighted by molar-refractivity contribution is 0.00943. The third-order valence-electron chi connectivity index (χ3n) is 8.79. The topological polar surface area (TPSA) is 74.2 Å². The van der Waals surface area contributed by atoms with Crippen molar-refractivity contribution >= 4 is 28.7 Å². The summed E-state index contributed by atoms with van der Waals surface area (Å²) >= 11 is 0. The van der Waals surface area contributed by atoms with E-state index in [1.807, 2.05) is 18.2 Å². The monoisotopic (exact) mass is 585 g/mol. The van der Waals surface area contributed by atoms with Crippen molar-refractivity contribution in [2.24, 2.45) is 10.9 Å². The fourth-order valence-corrected chi connectivity index (χ4v) is 6.54. The number of allylic oxidation sites excluding steroid dienone is 2. The van der Waals surface area contributed by atoms with Crippen LogP contribution in [0, 0.1) is 5.92 Å². The lowest BCUT2D eigenvalue weighted by Gasteiger charge is -2.41. The Bertz CT molecular complexity index is 1120. The average molecular weight is 586 g/mol. The van der Waals surface area contributed by atoms with Crippen molar-refractivity contribution in [1.29, 1.82) is 0 Å². The molecule has 1 aromatic carbocycles. The Morgan fingerprint density at radius 3 is 2.30 bits per heavy atom. The molecule has 0 radical (unpaired) electrons. The highest BCUT2D eigenvalue weighted by Gasteiger charge is 2.42. The first kappa shape index (κ1) is 33.9. The molecule has 1 aliphatic rings. The van der Waals surface area contributed by atoms with Crippen molar-refractivity contribution in [3.8, 4) is 5.75 Å². The first-order valence-corrected chi connectivity index (χ1v) is 20.3. The van der Waals surface area contributed by atoms with Crippen LogP contribution in [-0.2, 0) is 20.4 Å². The number of ether oxygens (including phenoxy) is 1. The number of hydrogen-bond acceptors (Lipinski definition) is 6. The van der Waals surface area contributed by atoms with E-state index in [4.69, 9.17) is 13.6 Å². The molecule has 0 bridgehead atoms. The largest absolute Gasteiger partial charge is 0.543 e. The van der Waals surface area contributed by atoms with Gasteiger partial charge in [-0.25, -0.2) is 9.59 Å². The number of esters is 1. The highest BCUT2D eigenvalue weighted by molar-refractivity contribution is 6.75. The first-order valence-electron chi connectivity index (χ1n) is 14.5. The molecule has 222 valence electrons. The van der Waals surface area contributed by atoms with E-state index in [2.05, 4.69) is 91.8 Å². The highest BCUT2D eigenvalue weighted by Crippen LogP contribution is 2.41. The molecule has 0 aromatic heterocycles. The number of fused-ring (bicyclic) bond motifs is 1. The summed E-state index contributed by atoms with van der Waals surface area (Å²) in [4.78, 5) is 28.1. The van der Waals surface area contributed by atoms with Crippen molar-refractivity contribution in [3.05, 3.63) is 53.8 Å². The molecule has 2 rings (SSSR count). The Balaban J connectivity index is 2.56. The number of aliphatic imine (C=N–C) groups is 1.